The quantitative estimate of drug-likeness (QED) is 0.683. The van der Waals surface area contributed by atoms with Gasteiger partial charge in [-0.3, -0.25) is 14.2 Å². The second-order valence-corrected chi connectivity index (χ2v) is 10.1. The SMILES string of the molecule is CN(C(=O)Cc1ccc(Cl)c(Cl)c1)C1CCCC[C@@H]1N1CCCC1.CS(=O)(=O)O. The summed E-state index contributed by atoms with van der Waals surface area (Å²) in [6, 6.07) is 6.32. The highest BCUT2D eigenvalue weighted by Crippen LogP contribution is 2.29. The first kappa shape index (κ1) is 24.4. The lowest BCUT2D eigenvalue weighted by Gasteiger charge is -2.42. The van der Waals surface area contributed by atoms with Gasteiger partial charge >= 0.3 is 0 Å². The molecule has 1 saturated heterocycles. The molecule has 2 fully saturated rings. The summed E-state index contributed by atoms with van der Waals surface area (Å²) in [7, 11) is -1.70. The number of hydrogen-bond donors (Lipinski definition) is 1. The normalized spacial score (nSPS) is 22.7. The summed E-state index contributed by atoms with van der Waals surface area (Å²) in [5.41, 5.74) is 0.926. The number of hydrogen-bond acceptors (Lipinski definition) is 4. The largest absolute Gasteiger partial charge is 0.341 e. The first-order valence-corrected chi connectivity index (χ1v) is 12.5. The maximum Gasteiger partial charge on any atom is 0.261 e. The fraction of sp³-hybridized carbons (Fsp3) is 0.650. The Hall–Kier alpha value is -0.860. The van der Waals surface area contributed by atoms with Gasteiger partial charge in [-0.15, -0.1) is 0 Å². The Kier molecular flexibility index (Phi) is 9.22. The Morgan fingerprint density at radius 2 is 1.72 bits per heavy atom. The topological polar surface area (TPSA) is 77.9 Å². The number of halogens is 2. The van der Waals surface area contributed by atoms with E-state index in [0.29, 0.717) is 34.8 Å². The van der Waals surface area contributed by atoms with Crippen molar-refractivity contribution in [1.29, 1.82) is 0 Å². The molecule has 164 valence electrons. The third-order valence-corrected chi connectivity index (χ3v) is 6.27. The molecule has 2 atom stereocenters. The van der Waals surface area contributed by atoms with Crippen LogP contribution in [0.3, 0.4) is 0 Å². The van der Waals surface area contributed by atoms with Crippen LogP contribution in [0.15, 0.2) is 18.2 Å². The standard InChI is InChI=1S/C19H26Cl2N2O.CH4O3S/c1-22(19(24)13-14-8-9-15(20)16(21)12-14)17-6-2-3-7-18(17)23-10-4-5-11-23;1-5(2,3)4/h8-9,12,17-18H,2-7,10-11,13H2,1H3;1H3,(H,2,3,4)/t17?,18-;/m0./s1. The molecule has 0 radical (unpaired) electrons. The van der Waals surface area contributed by atoms with Crippen molar-refractivity contribution in [3.05, 3.63) is 33.8 Å². The average Bonchev–Trinajstić information content (AvgIpc) is 3.17. The number of likely N-dealkylation sites (tertiary alicyclic amines) is 1. The number of carbonyl (C=O) groups is 1. The van der Waals surface area contributed by atoms with Gasteiger partial charge in [-0.1, -0.05) is 42.1 Å². The number of benzene rings is 1. The Bertz CT molecular complexity index is 790. The Morgan fingerprint density at radius 3 is 2.31 bits per heavy atom. The lowest BCUT2D eigenvalue weighted by Crippen LogP contribution is -2.53. The maximum atomic E-state index is 12.8. The molecule has 1 aliphatic heterocycles. The van der Waals surface area contributed by atoms with E-state index in [4.69, 9.17) is 27.8 Å². The molecule has 6 nitrogen and oxygen atoms in total. The highest BCUT2D eigenvalue weighted by atomic mass is 35.5. The predicted molar refractivity (Wildman–Crippen MR) is 117 cm³/mol. The van der Waals surface area contributed by atoms with Crippen LogP contribution in [0.4, 0.5) is 0 Å². The molecular formula is C20H30Cl2N2O4S. The minimum absolute atomic E-state index is 0.171. The van der Waals surface area contributed by atoms with Crippen molar-refractivity contribution in [2.45, 2.75) is 57.0 Å². The number of nitrogens with zero attached hydrogens (tertiary/aromatic N) is 2. The Morgan fingerprint density at radius 1 is 1.14 bits per heavy atom. The van der Waals surface area contributed by atoms with Crippen molar-refractivity contribution in [3.8, 4) is 0 Å². The van der Waals surface area contributed by atoms with Gasteiger partial charge in [0.05, 0.1) is 22.7 Å². The molecule has 1 saturated carbocycles. The molecule has 1 aliphatic carbocycles. The van der Waals surface area contributed by atoms with E-state index in [1.165, 1.54) is 45.2 Å². The molecule has 1 heterocycles. The monoisotopic (exact) mass is 464 g/mol. The molecule has 1 unspecified atom stereocenters. The number of rotatable bonds is 4. The van der Waals surface area contributed by atoms with Gasteiger partial charge in [0.25, 0.3) is 10.1 Å². The molecule has 9 heteroatoms. The van der Waals surface area contributed by atoms with Crippen molar-refractivity contribution in [2.24, 2.45) is 0 Å². The zero-order valence-corrected chi connectivity index (χ0v) is 19.3. The average molecular weight is 465 g/mol. The van der Waals surface area contributed by atoms with E-state index in [-0.39, 0.29) is 5.91 Å². The Balaban J connectivity index is 0.000000537. The summed E-state index contributed by atoms with van der Waals surface area (Å²) >= 11 is 12.0. The molecule has 1 aromatic rings. The second-order valence-electron chi connectivity index (χ2n) is 7.83. The molecule has 29 heavy (non-hydrogen) atoms. The van der Waals surface area contributed by atoms with Crippen molar-refractivity contribution in [2.75, 3.05) is 26.4 Å². The first-order valence-electron chi connectivity index (χ1n) is 9.92. The van der Waals surface area contributed by atoms with Crippen LogP contribution in [-0.2, 0) is 21.3 Å². The third-order valence-electron chi connectivity index (χ3n) is 5.53. The van der Waals surface area contributed by atoms with E-state index < -0.39 is 10.1 Å². The van der Waals surface area contributed by atoms with Gasteiger partial charge in [0.2, 0.25) is 5.91 Å². The number of carbonyl (C=O) groups excluding carboxylic acids is 1. The zero-order valence-electron chi connectivity index (χ0n) is 17.0. The van der Waals surface area contributed by atoms with E-state index >= 15 is 0 Å². The highest BCUT2D eigenvalue weighted by molar-refractivity contribution is 7.85. The van der Waals surface area contributed by atoms with E-state index in [1.54, 1.807) is 12.1 Å². The summed E-state index contributed by atoms with van der Waals surface area (Å²) in [6.07, 6.45) is 8.53. The van der Waals surface area contributed by atoms with Crippen LogP contribution in [0.25, 0.3) is 0 Å². The van der Waals surface area contributed by atoms with E-state index in [0.717, 1.165) is 12.0 Å². The van der Waals surface area contributed by atoms with Gasteiger partial charge < -0.3 is 4.90 Å². The molecule has 1 N–H and O–H groups in total. The molecular weight excluding hydrogens is 435 g/mol. The van der Waals surface area contributed by atoms with Gasteiger partial charge in [-0.25, -0.2) is 0 Å². The molecule has 0 spiro atoms. The number of likely N-dealkylation sites (N-methyl/N-ethyl adjacent to an activating group) is 1. The minimum Gasteiger partial charge on any atom is -0.341 e. The molecule has 3 rings (SSSR count). The van der Waals surface area contributed by atoms with E-state index in [9.17, 15) is 13.2 Å². The van der Waals surface area contributed by atoms with Crippen molar-refractivity contribution < 1.29 is 17.8 Å². The van der Waals surface area contributed by atoms with Crippen LogP contribution in [-0.4, -0.2) is 67.2 Å². The fourth-order valence-electron chi connectivity index (χ4n) is 4.18. The molecule has 2 aliphatic rings. The van der Waals surface area contributed by atoms with Crippen molar-refractivity contribution in [3.63, 3.8) is 0 Å². The van der Waals surface area contributed by atoms with E-state index in [1.807, 2.05) is 18.0 Å². The fourth-order valence-corrected chi connectivity index (χ4v) is 4.50. The number of amides is 1. The summed E-state index contributed by atoms with van der Waals surface area (Å²) in [5.74, 6) is 0.171. The third kappa shape index (κ3) is 8.06. The van der Waals surface area contributed by atoms with Crippen molar-refractivity contribution in [1.82, 2.24) is 9.80 Å². The van der Waals surface area contributed by atoms with Gasteiger partial charge in [0, 0.05) is 19.1 Å². The van der Waals surface area contributed by atoms with Gasteiger partial charge in [-0.05, 0) is 56.5 Å². The molecule has 0 aromatic heterocycles. The van der Waals surface area contributed by atoms with Crippen LogP contribution < -0.4 is 0 Å². The summed E-state index contributed by atoms with van der Waals surface area (Å²) < 4.78 is 25.9. The predicted octanol–water partition coefficient (Wildman–Crippen LogP) is 3.91. The van der Waals surface area contributed by atoms with Gasteiger partial charge in [0.15, 0.2) is 0 Å². The molecule has 0 bridgehead atoms. The molecule has 1 amide bonds. The van der Waals surface area contributed by atoms with Crippen LogP contribution in [0.5, 0.6) is 0 Å². The van der Waals surface area contributed by atoms with E-state index in [2.05, 4.69) is 4.90 Å². The van der Waals surface area contributed by atoms with Crippen LogP contribution in [0.2, 0.25) is 10.0 Å². The van der Waals surface area contributed by atoms with Crippen LogP contribution in [0, 0.1) is 0 Å². The molecule has 1 aromatic carbocycles. The maximum absolute atomic E-state index is 12.8. The van der Waals surface area contributed by atoms with Gasteiger partial charge in [0.1, 0.15) is 0 Å². The highest BCUT2D eigenvalue weighted by Gasteiger charge is 2.35. The summed E-state index contributed by atoms with van der Waals surface area (Å²) in [4.78, 5) is 17.4. The minimum atomic E-state index is -3.67. The van der Waals surface area contributed by atoms with Crippen LogP contribution in [0.1, 0.15) is 44.1 Å². The Labute approximate surface area is 183 Å². The zero-order chi connectivity index (χ0) is 21.6. The lowest BCUT2D eigenvalue weighted by atomic mass is 9.88. The van der Waals surface area contributed by atoms with Crippen molar-refractivity contribution >= 4 is 39.2 Å². The second kappa shape index (κ2) is 11.0. The summed E-state index contributed by atoms with van der Waals surface area (Å²) in [5, 5.41) is 1.04. The smallest absolute Gasteiger partial charge is 0.261 e. The van der Waals surface area contributed by atoms with Crippen LogP contribution >= 0.6 is 23.2 Å². The lowest BCUT2D eigenvalue weighted by molar-refractivity contribution is -0.133. The first-order chi connectivity index (χ1) is 13.6. The summed E-state index contributed by atoms with van der Waals surface area (Å²) in [6.45, 7) is 2.38. The van der Waals surface area contributed by atoms with Gasteiger partial charge in [-0.2, -0.15) is 8.42 Å².